The summed E-state index contributed by atoms with van der Waals surface area (Å²) in [6.45, 7) is 3.51. The van der Waals surface area contributed by atoms with E-state index in [0.29, 0.717) is 11.3 Å². The molecule has 0 fully saturated rings. The van der Waals surface area contributed by atoms with Crippen molar-refractivity contribution in [1.29, 1.82) is 0 Å². The second-order valence-corrected chi connectivity index (χ2v) is 3.37. The van der Waals surface area contributed by atoms with E-state index in [-0.39, 0.29) is 11.9 Å². The van der Waals surface area contributed by atoms with Crippen molar-refractivity contribution in [2.24, 2.45) is 5.73 Å². The van der Waals surface area contributed by atoms with Gasteiger partial charge in [0.1, 0.15) is 0 Å². The average molecular weight is 175 g/mol. The molecule has 2 atom stereocenters. The molecular formula is C6H14BNO2S. The molecule has 0 saturated heterocycles. The highest BCUT2D eigenvalue weighted by molar-refractivity contribution is 7.80. The molecule has 5 heteroatoms. The Hall–Kier alpha value is 0.0349. The highest BCUT2D eigenvalue weighted by Crippen LogP contribution is 2.12. The van der Waals surface area contributed by atoms with E-state index >= 15 is 0 Å². The topological polar surface area (TPSA) is 66.5 Å². The third kappa shape index (κ3) is 4.47. The number of hydrogen-bond donors (Lipinski definition) is 3. The number of nitrogens with two attached hydrogens (primary N) is 1. The molecule has 0 bridgehead atoms. The molecule has 0 unspecified atom stereocenters. The van der Waals surface area contributed by atoms with Crippen molar-refractivity contribution < 1.29 is 10.0 Å². The van der Waals surface area contributed by atoms with E-state index in [4.69, 9.17) is 28.0 Å². The molecule has 11 heavy (non-hydrogen) atoms. The summed E-state index contributed by atoms with van der Waals surface area (Å²) in [6.07, 6.45) is 0.491. The van der Waals surface area contributed by atoms with Gasteiger partial charge in [0.05, 0.1) is 0 Å². The number of hydrogen-bond acceptors (Lipinski definition) is 4. The predicted molar refractivity (Wildman–Crippen MR) is 50.5 cm³/mol. The molecule has 3 nitrogen and oxygen atoms in total. The Bertz CT molecular complexity index is 141. The SMILES string of the molecule is C[C@H](CC(=S)[C@H](C)N)B(O)O. The fraction of sp³-hybridized carbons (Fsp3) is 0.833. The summed E-state index contributed by atoms with van der Waals surface area (Å²) in [7, 11) is -1.30. The molecule has 4 N–H and O–H groups in total. The lowest BCUT2D eigenvalue weighted by Gasteiger charge is -2.12. The molecule has 0 aliphatic carbocycles. The third-order valence-electron chi connectivity index (χ3n) is 1.54. The zero-order valence-electron chi connectivity index (χ0n) is 6.82. The fourth-order valence-corrected chi connectivity index (χ4v) is 0.872. The Morgan fingerprint density at radius 1 is 1.55 bits per heavy atom. The molecule has 0 saturated carbocycles. The van der Waals surface area contributed by atoms with Crippen LogP contribution in [0.15, 0.2) is 0 Å². The Labute approximate surface area is 72.7 Å². The van der Waals surface area contributed by atoms with E-state index in [2.05, 4.69) is 0 Å². The summed E-state index contributed by atoms with van der Waals surface area (Å²) in [6, 6.07) is -0.147. The van der Waals surface area contributed by atoms with Crippen LogP contribution in [0.1, 0.15) is 20.3 Å². The van der Waals surface area contributed by atoms with Crippen molar-refractivity contribution in [2.75, 3.05) is 0 Å². The van der Waals surface area contributed by atoms with Crippen LogP contribution in [0.5, 0.6) is 0 Å². The lowest BCUT2D eigenvalue weighted by atomic mass is 9.71. The van der Waals surface area contributed by atoms with Gasteiger partial charge in [-0.3, -0.25) is 0 Å². The molecule has 64 valence electrons. The monoisotopic (exact) mass is 175 g/mol. The van der Waals surface area contributed by atoms with E-state index in [1.165, 1.54) is 0 Å². The van der Waals surface area contributed by atoms with Crippen LogP contribution < -0.4 is 5.73 Å². The van der Waals surface area contributed by atoms with Crippen molar-refractivity contribution in [3.8, 4) is 0 Å². The average Bonchev–Trinajstić information content (AvgIpc) is 1.87. The van der Waals surface area contributed by atoms with Gasteiger partial charge in [-0.15, -0.1) is 0 Å². The van der Waals surface area contributed by atoms with E-state index in [9.17, 15) is 0 Å². The summed E-state index contributed by atoms with van der Waals surface area (Å²) < 4.78 is 0. The molecular weight excluding hydrogens is 161 g/mol. The fourth-order valence-electron chi connectivity index (χ4n) is 0.609. The zero-order valence-corrected chi connectivity index (χ0v) is 7.64. The lowest BCUT2D eigenvalue weighted by Crippen LogP contribution is -2.29. The van der Waals surface area contributed by atoms with Gasteiger partial charge in [-0.2, -0.15) is 0 Å². The van der Waals surface area contributed by atoms with E-state index in [1.54, 1.807) is 13.8 Å². The van der Waals surface area contributed by atoms with Gasteiger partial charge in [0.2, 0.25) is 0 Å². The van der Waals surface area contributed by atoms with Gasteiger partial charge in [-0.05, 0) is 19.2 Å². The van der Waals surface area contributed by atoms with Gasteiger partial charge in [0, 0.05) is 10.9 Å². The summed E-state index contributed by atoms with van der Waals surface area (Å²) in [4.78, 5) is 0.686. The normalized spacial score (nSPS) is 15.7. The Balaban J connectivity index is 3.76. The third-order valence-corrected chi connectivity index (χ3v) is 2.08. The minimum Gasteiger partial charge on any atom is -0.427 e. The van der Waals surface area contributed by atoms with Crippen LogP contribution in [0.4, 0.5) is 0 Å². The number of rotatable bonds is 4. The quantitative estimate of drug-likeness (QED) is 0.414. The van der Waals surface area contributed by atoms with Gasteiger partial charge >= 0.3 is 7.12 Å². The van der Waals surface area contributed by atoms with Crippen LogP contribution >= 0.6 is 12.2 Å². The first-order valence-electron chi connectivity index (χ1n) is 3.59. The largest absolute Gasteiger partial charge is 0.454 e. The minimum absolute atomic E-state index is 0.147. The van der Waals surface area contributed by atoms with Crippen molar-refractivity contribution in [3.63, 3.8) is 0 Å². The van der Waals surface area contributed by atoms with Crippen LogP contribution in [0, 0.1) is 0 Å². The molecule has 0 aromatic heterocycles. The Morgan fingerprint density at radius 2 is 2.00 bits per heavy atom. The molecule has 0 aliphatic heterocycles. The van der Waals surface area contributed by atoms with Gasteiger partial charge in [0.25, 0.3) is 0 Å². The molecule has 0 rings (SSSR count). The Morgan fingerprint density at radius 3 is 2.27 bits per heavy atom. The van der Waals surface area contributed by atoms with E-state index < -0.39 is 7.12 Å². The van der Waals surface area contributed by atoms with Crippen molar-refractivity contribution in [2.45, 2.75) is 32.1 Å². The highest BCUT2D eigenvalue weighted by atomic mass is 32.1. The maximum atomic E-state index is 8.71. The van der Waals surface area contributed by atoms with Crippen LogP contribution in [0.25, 0.3) is 0 Å². The lowest BCUT2D eigenvalue weighted by molar-refractivity contribution is 0.389. The maximum absolute atomic E-state index is 8.71. The van der Waals surface area contributed by atoms with Crippen molar-refractivity contribution in [1.82, 2.24) is 0 Å². The summed E-state index contributed by atoms with van der Waals surface area (Å²) in [5, 5.41) is 17.4. The zero-order chi connectivity index (χ0) is 9.02. The van der Waals surface area contributed by atoms with Gasteiger partial charge in [-0.25, -0.2) is 0 Å². The molecule has 0 radical (unpaired) electrons. The van der Waals surface area contributed by atoms with Crippen LogP contribution in [-0.4, -0.2) is 28.1 Å². The summed E-state index contributed by atoms with van der Waals surface area (Å²) in [5.74, 6) is -0.228. The van der Waals surface area contributed by atoms with Crippen LogP contribution in [0.3, 0.4) is 0 Å². The van der Waals surface area contributed by atoms with Crippen molar-refractivity contribution >= 4 is 24.2 Å². The Kier molecular flexibility index (Phi) is 4.84. The summed E-state index contributed by atoms with van der Waals surface area (Å²) >= 11 is 4.93. The van der Waals surface area contributed by atoms with Crippen molar-refractivity contribution in [3.05, 3.63) is 0 Å². The van der Waals surface area contributed by atoms with Gasteiger partial charge in [0.15, 0.2) is 0 Å². The van der Waals surface area contributed by atoms with Crippen LogP contribution in [-0.2, 0) is 0 Å². The smallest absolute Gasteiger partial charge is 0.427 e. The molecule has 0 amide bonds. The molecule has 0 aromatic rings. The van der Waals surface area contributed by atoms with Crippen LogP contribution in [0.2, 0.25) is 5.82 Å². The highest BCUT2D eigenvalue weighted by Gasteiger charge is 2.20. The number of thiocarbonyl (C=S) groups is 1. The second kappa shape index (κ2) is 4.82. The standard InChI is InChI=1S/C6H14BNO2S/c1-4(7(9)10)3-6(11)5(2)8/h4-5,9-10H,3,8H2,1-2H3/t4-,5+/m1/s1. The minimum atomic E-state index is -1.30. The van der Waals surface area contributed by atoms with Gasteiger partial charge in [-0.1, -0.05) is 19.1 Å². The van der Waals surface area contributed by atoms with E-state index in [0.717, 1.165) is 0 Å². The molecule has 0 aliphatic rings. The summed E-state index contributed by atoms with van der Waals surface area (Å²) in [5.41, 5.74) is 5.48. The predicted octanol–water partition coefficient (Wildman–Crippen LogP) is -0.0435. The second-order valence-electron chi connectivity index (χ2n) is 2.85. The first-order valence-corrected chi connectivity index (χ1v) is 4.00. The molecule has 0 heterocycles. The first kappa shape index (κ1) is 11.0. The molecule has 0 spiro atoms. The maximum Gasteiger partial charge on any atom is 0.454 e. The van der Waals surface area contributed by atoms with E-state index in [1.807, 2.05) is 0 Å². The molecule has 0 aromatic carbocycles. The first-order chi connectivity index (χ1) is 4.95. The van der Waals surface area contributed by atoms with Gasteiger partial charge < -0.3 is 15.8 Å².